The number of carbonyl (C=O) groups is 1. The molecule has 23 heavy (non-hydrogen) atoms. The van der Waals surface area contributed by atoms with Crippen molar-refractivity contribution >= 4 is 28.6 Å². The normalized spacial score (nSPS) is 10.4. The number of para-hydroxylation sites is 1. The van der Waals surface area contributed by atoms with Crippen molar-refractivity contribution in [2.75, 3.05) is 11.1 Å². The van der Waals surface area contributed by atoms with Crippen molar-refractivity contribution in [3.05, 3.63) is 64.3 Å². The number of rotatable bonds is 4. The standard InChI is InChI=1S/C16H14N4O2S/c17-12-9-13(14-7-4-8-23-14)19-20(16(12)22)10-15(21)18-11-5-2-1-3-6-11/h1-9H,10,17H2,(H,18,21). The Hall–Kier alpha value is -2.93. The molecular weight excluding hydrogens is 312 g/mol. The minimum Gasteiger partial charge on any atom is -0.394 e. The third kappa shape index (κ3) is 3.46. The molecule has 3 rings (SSSR count). The summed E-state index contributed by atoms with van der Waals surface area (Å²) in [6.07, 6.45) is 0. The number of hydrogen-bond acceptors (Lipinski definition) is 5. The van der Waals surface area contributed by atoms with E-state index in [1.54, 1.807) is 12.1 Å². The van der Waals surface area contributed by atoms with Gasteiger partial charge >= 0.3 is 0 Å². The number of hydrogen-bond donors (Lipinski definition) is 2. The summed E-state index contributed by atoms with van der Waals surface area (Å²) in [7, 11) is 0. The van der Waals surface area contributed by atoms with Gasteiger partial charge in [0.2, 0.25) is 5.91 Å². The number of carbonyl (C=O) groups excluding carboxylic acids is 1. The van der Waals surface area contributed by atoms with Crippen molar-refractivity contribution in [1.82, 2.24) is 9.78 Å². The SMILES string of the molecule is Nc1cc(-c2cccs2)nn(CC(=O)Nc2ccccc2)c1=O. The predicted octanol–water partition coefficient (Wildman–Crippen LogP) is 2.19. The molecule has 0 saturated heterocycles. The lowest BCUT2D eigenvalue weighted by molar-refractivity contribution is -0.117. The number of thiophene rings is 1. The number of benzene rings is 1. The van der Waals surface area contributed by atoms with Crippen LogP contribution >= 0.6 is 11.3 Å². The number of nitrogens with zero attached hydrogens (tertiary/aromatic N) is 2. The van der Waals surface area contributed by atoms with Crippen molar-refractivity contribution in [3.63, 3.8) is 0 Å². The maximum atomic E-state index is 12.1. The van der Waals surface area contributed by atoms with Crippen molar-refractivity contribution < 1.29 is 4.79 Å². The van der Waals surface area contributed by atoms with Crippen molar-refractivity contribution in [2.45, 2.75) is 6.54 Å². The molecule has 0 aliphatic heterocycles. The van der Waals surface area contributed by atoms with Gasteiger partial charge in [0.1, 0.15) is 17.9 Å². The molecule has 0 bridgehead atoms. The Bertz CT molecular complexity index is 873. The maximum absolute atomic E-state index is 12.1. The number of nitrogens with one attached hydrogen (secondary N) is 1. The van der Waals surface area contributed by atoms with Gasteiger partial charge in [0, 0.05) is 5.69 Å². The molecule has 1 aromatic carbocycles. The molecule has 0 spiro atoms. The monoisotopic (exact) mass is 326 g/mol. The highest BCUT2D eigenvalue weighted by Gasteiger charge is 2.11. The van der Waals surface area contributed by atoms with Crippen LogP contribution in [0.1, 0.15) is 0 Å². The molecule has 116 valence electrons. The number of amides is 1. The topological polar surface area (TPSA) is 90.0 Å². The number of nitrogen functional groups attached to an aromatic ring is 1. The minimum atomic E-state index is -0.478. The van der Waals surface area contributed by atoms with Crippen LogP contribution < -0.4 is 16.6 Å². The summed E-state index contributed by atoms with van der Waals surface area (Å²) in [6.45, 7) is -0.197. The first-order chi connectivity index (χ1) is 11.1. The van der Waals surface area contributed by atoms with Crippen LogP contribution in [-0.2, 0) is 11.3 Å². The van der Waals surface area contributed by atoms with E-state index in [0.29, 0.717) is 11.4 Å². The smallest absolute Gasteiger partial charge is 0.290 e. The van der Waals surface area contributed by atoms with E-state index in [4.69, 9.17) is 5.73 Å². The van der Waals surface area contributed by atoms with E-state index in [2.05, 4.69) is 10.4 Å². The van der Waals surface area contributed by atoms with Crippen LogP contribution in [0, 0.1) is 0 Å². The first-order valence-electron chi connectivity index (χ1n) is 6.90. The van der Waals surface area contributed by atoms with Gasteiger partial charge in [-0.15, -0.1) is 11.3 Å². The quantitative estimate of drug-likeness (QED) is 0.769. The molecule has 2 heterocycles. The van der Waals surface area contributed by atoms with Crippen LogP contribution in [0.5, 0.6) is 0 Å². The molecule has 0 radical (unpaired) electrons. The Morgan fingerprint density at radius 3 is 2.70 bits per heavy atom. The summed E-state index contributed by atoms with van der Waals surface area (Å²) in [5.74, 6) is -0.339. The average molecular weight is 326 g/mol. The van der Waals surface area contributed by atoms with E-state index >= 15 is 0 Å². The molecule has 0 saturated carbocycles. The van der Waals surface area contributed by atoms with E-state index in [1.165, 1.54) is 17.4 Å². The van der Waals surface area contributed by atoms with Gasteiger partial charge in [-0.1, -0.05) is 24.3 Å². The van der Waals surface area contributed by atoms with E-state index < -0.39 is 5.56 Å². The van der Waals surface area contributed by atoms with Gasteiger partial charge in [0.15, 0.2) is 0 Å². The van der Waals surface area contributed by atoms with E-state index in [1.807, 2.05) is 35.7 Å². The largest absolute Gasteiger partial charge is 0.394 e. The van der Waals surface area contributed by atoms with E-state index in [-0.39, 0.29) is 18.1 Å². The van der Waals surface area contributed by atoms with Crippen LogP contribution in [0.2, 0.25) is 0 Å². The average Bonchev–Trinajstić information content (AvgIpc) is 3.07. The molecular formula is C16H14N4O2S. The van der Waals surface area contributed by atoms with Gasteiger partial charge in [0.05, 0.1) is 4.88 Å². The lowest BCUT2D eigenvalue weighted by atomic mass is 10.3. The van der Waals surface area contributed by atoms with E-state index in [0.717, 1.165) is 9.56 Å². The highest BCUT2D eigenvalue weighted by molar-refractivity contribution is 7.13. The third-order valence-corrected chi connectivity index (χ3v) is 4.02. The summed E-state index contributed by atoms with van der Waals surface area (Å²) in [5, 5.41) is 8.85. The van der Waals surface area contributed by atoms with Gasteiger partial charge in [0.25, 0.3) is 5.56 Å². The Balaban J connectivity index is 1.85. The Labute approximate surface area is 136 Å². The second kappa shape index (κ2) is 6.45. The molecule has 1 amide bonds. The molecule has 6 nitrogen and oxygen atoms in total. The molecule has 3 aromatic rings. The van der Waals surface area contributed by atoms with Gasteiger partial charge < -0.3 is 11.1 Å². The number of nitrogens with two attached hydrogens (primary N) is 1. The zero-order chi connectivity index (χ0) is 16.2. The fraction of sp³-hybridized carbons (Fsp3) is 0.0625. The Kier molecular flexibility index (Phi) is 4.20. The number of aromatic nitrogens is 2. The van der Waals surface area contributed by atoms with Crippen LogP contribution in [0.3, 0.4) is 0 Å². The van der Waals surface area contributed by atoms with Crippen molar-refractivity contribution in [1.29, 1.82) is 0 Å². The molecule has 0 aliphatic carbocycles. The summed E-state index contributed by atoms with van der Waals surface area (Å²) in [5.41, 5.74) is 6.58. The third-order valence-electron chi connectivity index (χ3n) is 3.13. The highest BCUT2D eigenvalue weighted by atomic mass is 32.1. The van der Waals surface area contributed by atoms with Gasteiger partial charge in [-0.25, -0.2) is 4.68 Å². The predicted molar refractivity (Wildman–Crippen MR) is 91.3 cm³/mol. The van der Waals surface area contributed by atoms with Gasteiger partial charge in [-0.05, 0) is 29.6 Å². The van der Waals surface area contributed by atoms with Crippen LogP contribution in [0.25, 0.3) is 10.6 Å². The fourth-order valence-corrected chi connectivity index (χ4v) is 2.75. The summed E-state index contributed by atoms with van der Waals surface area (Å²) >= 11 is 1.49. The van der Waals surface area contributed by atoms with Crippen LogP contribution in [-0.4, -0.2) is 15.7 Å². The summed E-state index contributed by atoms with van der Waals surface area (Å²) < 4.78 is 1.09. The first kappa shape index (κ1) is 15.0. The molecule has 3 N–H and O–H groups in total. The maximum Gasteiger partial charge on any atom is 0.290 e. The summed E-state index contributed by atoms with van der Waals surface area (Å²) in [6, 6.07) is 14.3. The van der Waals surface area contributed by atoms with Crippen molar-refractivity contribution in [2.24, 2.45) is 0 Å². The van der Waals surface area contributed by atoms with Gasteiger partial charge in [-0.3, -0.25) is 9.59 Å². The molecule has 7 heteroatoms. The minimum absolute atomic E-state index is 0.0657. The molecule has 0 atom stereocenters. The second-order valence-electron chi connectivity index (χ2n) is 4.84. The Morgan fingerprint density at radius 1 is 1.22 bits per heavy atom. The van der Waals surface area contributed by atoms with E-state index in [9.17, 15) is 9.59 Å². The number of anilines is 2. The molecule has 0 unspecified atom stereocenters. The van der Waals surface area contributed by atoms with Crippen LogP contribution in [0.15, 0.2) is 58.7 Å². The zero-order valence-corrected chi connectivity index (χ0v) is 12.9. The zero-order valence-electron chi connectivity index (χ0n) is 12.1. The van der Waals surface area contributed by atoms with Crippen LogP contribution in [0.4, 0.5) is 11.4 Å². The van der Waals surface area contributed by atoms with Gasteiger partial charge in [-0.2, -0.15) is 5.10 Å². The fourth-order valence-electron chi connectivity index (χ4n) is 2.07. The molecule has 0 fully saturated rings. The molecule has 0 aliphatic rings. The lowest BCUT2D eigenvalue weighted by Gasteiger charge is -2.09. The Morgan fingerprint density at radius 2 is 2.00 bits per heavy atom. The first-order valence-corrected chi connectivity index (χ1v) is 7.78. The molecule has 2 aromatic heterocycles. The highest BCUT2D eigenvalue weighted by Crippen LogP contribution is 2.22. The summed E-state index contributed by atoms with van der Waals surface area (Å²) in [4.78, 5) is 25.1. The van der Waals surface area contributed by atoms with Crippen molar-refractivity contribution in [3.8, 4) is 10.6 Å². The lowest BCUT2D eigenvalue weighted by Crippen LogP contribution is -2.31. The second-order valence-corrected chi connectivity index (χ2v) is 5.79.